The monoisotopic (exact) mass is 654 g/mol. The molecule has 2 amide bonds. The van der Waals surface area contributed by atoms with E-state index < -0.39 is 23.7 Å². The van der Waals surface area contributed by atoms with E-state index in [1.807, 2.05) is 0 Å². The molecule has 0 saturated carbocycles. The number of benzene rings is 2. The Balaban J connectivity index is 1.59. The van der Waals surface area contributed by atoms with Gasteiger partial charge >= 0.3 is 0 Å². The summed E-state index contributed by atoms with van der Waals surface area (Å²) in [7, 11) is 0. The Kier molecular flexibility index (Phi) is 7.27. The van der Waals surface area contributed by atoms with Gasteiger partial charge in [-0.05, 0) is 19.1 Å². The maximum absolute atomic E-state index is 12.7. The molecule has 2 atom stereocenters. The number of halogens is 8. The number of carbonyl (C=O) groups is 2. The number of rotatable bonds is 2. The highest BCUT2D eigenvalue weighted by atomic mass is 35.5. The molecule has 0 bridgehead atoms. The largest absolute Gasteiger partial charge is 0.313 e. The molecule has 2 aromatic rings. The predicted octanol–water partition coefficient (Wildman–Crippen LogP) is 8.21. The van der Waals surface area contributed by atoms with E-state index in [1.54, 1.807) is 25.1 Å². The van der Waals surface area contributed by atoms with Crippen LogP contribution >= 0.6 is 92.8 Å². The fourth-order valence-electron chi connectivity index (χ4n) is 4.19. The van der Waals surface area contributed by atoms with E-state index in [2.05, 4.69) is 20.6 Å². The van der Waals surface area contributed by atoms with Crippen molar-refractivity contribution in [2.24, 2.45) is 21.8 Å². The first kappa shape index (κ1) is 27.1. The van der Waals surface area contributed by atoms with Crippen LogP contribution in [0, 0.1) is 18.8 Å². The van der Waals surface area contributed by atoms with Gasteiger partial charge in [-0.25, -0.2) is 9.98 Å². The average Bonchev–Trinajstić information content (AvgIpc) is 3.36. The molecular weight excluding hydrogens is 648 g/mol. The standard InChI is InChI=1S/C23H10Cl8N4O2/c1-5-6(32-20-8-10(22(36)34-20)14(26)18(30)16(28)12(8)24)3-2-4-7(5)33-21-9-11(23(37)35-21)15(27)19(31)17(29)13(9)25/h2-4,8,10H,1H3,(H,32,34,36)(H,33,35,37). The van der Waals surface area contributed by atoms with Crippen LogP contribution in [0.5, 0.6) is 0 Å². The third-order valence-electron chi connectivity index (χ3n) is 6.03. The Hall–Kier alpha value is -1.48. The summed E-state index contributed by atoms with van der Waals surface area (Å²) in [6, 6.07) is 5.14. The number of amides is 2. The molecule has 2 N–H and O–H groups in total. The maximum Gasteiger partial charge on any atom is 0.259 e. The number of nitrogens with one attached hydrogen (secondary N) is 2. The molecule has 14 heteroatoms. The van der Waals surface area contributed by atoms with Gasteiger partial charge < -0.3 is 10.6 Å². The number of allylic oxidation sites excluding steroid dienone is 2. The van der Waals surface area contributed by atoms with Crippen LogP contribution in [-0.2, 0) is 4.79 Å². The number of hydrogen-bond acceptors (Lipinski definition) is 4. The van der Waals surface area contributed by atoms with Crippen molar-refractivity contribution in [1.29, 1.82) is 0 Å². The predicted molar refractivity (Wildman–Crippen MR) is 151 cm³/mol. The minimum absolute atomic E-state index is 0.00331. The molecule has 2 heterocycles. The third-order valence-corrected chi connectivity index (χ3v) is 9.76. The Bertz CT molecular complexity index is 1580. The highest BCUT2D eigenvalue weighted by Crippen LogP contribution is 2.48. The van der Waals surface area contributed by atoms with Crippen LogP contribution in [0.3, 0.4) is 0 Å². The van der Waals surface area contributed by atoms with Gasteiger partial charge in [-0.2, -0.15) is 0 Å². The molecule has 6 nitrogen and oxygen atoms in total. The van der Waals surface area contributed by atoms with Crippen molar-refractivity contribution < 1.29 is 9.59 Å². The molecule has 1 aliphatic carbocycles. The molecule has 0 aromatic heterocycles. The molecule has 2 unspecified atom stereocenters. The molecule has 2 aliphatic heterocycles. The van der Waals surface area contributed by atoms with Crippen molar-refractivity contribution in [3.8, 4) is 0 Å². The van der Waals surface area contributed by atoms with Gasteiger partial charge in [0.05, 0.1) is 74.6 Å². The van der Waals surface area contributed by atoms with Crippen molar-refractivity contribution in [2.45, 2.75) is 6.92 Å². The fourth-order valence-corrected chi connectivity index (χ4v) is 6.39. The first-order valence-electron chi connectivity index (χ1n) is 10.3. The molecule has 3 aliphatic rings. The number of nitrogens with zero attached hydrogens (tertiary/aromatic N) is 2. The zero-order valence-corrected chi connectivity index (χ0v) is 24.2. The molecule has 5 rings (SSSR count). The Morgan fingerprint density at radius 3 is 1.86 bits per heavy atom. The zero-order valence-electron chi connectivity index (χ0n) is 18.1. The second kappa shape index (κ2) is 9.92. The number of aliphatic imine (C=N–C) groups is 2. The van der Waals surface area contributed by atoms with Gasteiger partial charge in [-0.1, -0.05) is 98.9 Å². The maximum atomic E-state index is 12.7. The van der Waals surface area contributed by atoms with E-state index in [0.29, 0.717) is 16.9 Å². The van der Waals surface area contributed by atoms with Gasteiger partial charge in [-0.3, -0.25) is 9.59 Å². The van der Waals surface area contributed by atoms with Crippen LogP contribution in [0.25, 0.3) is 0 Å². The summed E-state index contributed by atoms with van der Waals surface area (Å²) in [6.45, 7) is 1.77. The summed E-state index contributed by atoms with van der Waals surface area (Å²) in [5.41, 5.74) is 1.85. The highest BCUT2D eigenvalue weighted by Gasteiger charge is 2.48. The topological polar surface area (TPSA) is 82.9 Å². The van der Waals surface area contributed by atoms with Crippen LogP contribution in [0.1, 0.15) is 21.5 Å². The summed E-state index contributed by atoms with van der Waals surface area (Å²) in [5.74, 6) is -2.10. The van der Waals surface area contributed by atoms with Crippen molar-refractivity contribution in [1.82, 2.24) is 10.6 Å². The first-order chi connectivity index (χ1) is 17.4. The van der Waals surface area contributed by atoms with E-state index >= 15 is 0 Å². The molecule has 1 fully saturated rings. The van der Waals surface area contributed by atoms with Gasteiger partial charge in [0.1, 0.15) is 11.7 Å². The molecular formula is C23H10Cl8N4O2. The Morgan fingerprint density at radius 2 is 1.24 bits per heavy atom. The van der Waals surface area contributed by atoms with Gasteiger partial charge in [0.15, 0.2) is 0 Å². The summed E-state index contributed by atoms with van der Waals surface area (Å²) >= 11 is 50.1. The number of hydrogen-bond donors (Lipinski definition) is 2. The number of carbonyl (C=O) groups excluding carboxylic acids is 2. The average molecular weight is 658 g/mol. The molecule has 1 saturated heterocycles. The highest BCUT2D eigenvalue weighted by molar-refractivity contribution is 6.55. The van der Waals surface area contributed by atoms with E-state index in [4.69, 9.17) is 92.8 Å². The van der Waals surface area contributed by atoms with Crippen molar-refractivity contribution in [3.05, 3.63) is 75.1 Å². The van der Waals surface area contributed by atoms with Crippen molar-refractivity contribution in [2.75, 3.05) is 0 Å². The van der Waals surface area contributed by atoms with Gasteiger partial charge in [0.2, 0.25) is 5.91 Å². The molecule has 0 radical (unpaired) electrons. The molecule has 37 heavy (non-hydrogen) atoms. The van der Waals surface area contributed by atoms with Crippen LogP contribution in [-0.4, -0.2) is 23.5 Å². The zero-order chi connectivity index (χ0) is 26.9. The van der Waals surface area contributed by atoms with Crippen molar-refractivity contribution >= 4 is 128 Å². The second-order valence-corrected chi connectivity index (χ2v) is 11.2. The van der Waals surface area contributed by atoms with Gasteiger partial charge in [0, 0.05) is 5.56 Å². The Labute approximate surface area is 250 Å². The minimum atomic E-state index is -0.847. The lowest BCUT2D eigenvalue weighted by Crippen LogP contribution is -2.23. The van der Waals surface area contributed by atoms with Crippen molar-refractivity contribution in [3.63, 3.8) is 0 Å². The van der Waals surface area contributed by atoms with Gasteiger partial charge in [0.25, 0.3) is 5.91 Å². The minimum Gasteiger partial charge on any atom is -0.313 e. The van der Waals surface area contributed by atoms with Crippen LogP contribution in [0.4, 0.5) is 11.4 Å². The number of amidine groups is 2. The fraction of sp³-hybridized carbons (Fsp3) is 0.130. The quantitative estimate of drug-likeness (QED) is 0.252. The molecule has 0 spiro atoms. The normalized spacial score (nSPS) is 23.2. The first-order valence-corrected chi connectivity index (χ1v) is 13.3. The lowest BCUT2D eigenvalue weighted by molar-refractivity contribution is -0.121. The number of fused-ring (bicyclic) bond motifs is 2. The van der Waals surface area contributed by atoms with E-state index in [-0.39, 0.29) is 63.0 Å². The Morgan fingerprint density at radius 1 is 0.703 bits per heavy atom. The SMILES string of the molecule is Cc1c(N=C2NC(=O)c3c(Cl)c(Cl)c(Cl)c(Cl)c32)cccc1N=C1NC(=O)C2C(Cl)=C(Cl)C(Cl)=C(Cl)C12. The van der Waals surface area contributed by atoms with E-state index in [9.17, 15) is 9.59 Å². The lowest BCUT2D eigenvalue weighted by atomic mass is 9.89. The summed E-state index contributed by atoms with van der Waals surface area (Å²) in [4.78, 5) is 34.5. The molecule has 2 aromatic carbocycles. The van der Waals surface area contributed by atoms with E-state index in [1.165, 1.54) is 0 Å². The van der Waals surface area contributed by atoms with Gasteiger partial charge in [-0.15, -0.1) is 0 Å². The van der Waals surface area contributed by atoms with Crippen LogP contribution < -0.4 is 10.6 Å². The summed E-state index contributed by atoms with van der Waals surface area (Å²) in [5, 5.41) is 5.67. The molecule has 190 valence electrons. The smallest absolute Gasteiger partial charge is 0.259 e. The third kappa shape index (κ3) is 4.26. The second-order valence-electron chi connectivity index (χ2n) is 8.11. The summed E-state index contributed by atoms with van der Waals surface area (Å²) < 4.78 is 0. The summed E-state index contributed by atoms with van der Waals surface area (Å²) in [6.07, 6.45) is 0. The van der Waals surface area contributed by atoms with E-state index in [0.717, 1.165) is 0 Å². The van der Waals surface area contributed by atoms with Crippen LogP contribution in [0.2, 0.25) is 20.1 Å². The lowest BCUT2D eigenvalue weighted by Gasteiger charge is -2.23. The van der Waals surface area contributed by atoms with Crippen LogP contribution in [0.15, 0.2) is 48.3 Å².